The lowest BCUT2D eigenvalue weighted by molar-refractivity contribution is 0.455. The smallest absolute Gasteiger partial charge is 0.240 e. The average molecular weight is 275 g/mol. The topological polar surface area (TPSA) is 61.0 Å². The predicted octanol–water partition coefficient (Wildman–Crippen LogP) is 3.08. The summed E-state index contributed by atoms with van der Waals surface area (Å²) in [5, 5.41) is 1.90. The fourth-order valence-corrected chi connectivity index (χ4v) is 2.55. The van der Waals surface area contributed by atoms with E-state index >= 15 is 0 Å². The summed E-state index contributed by atoms with van der Waals surface area (Å²) in [7, 11) is 0. The second-order valence-corrected chi connectivity index (χ2v) is 4.75. The van der Waals surface area contributed by atoms with E-state index in [4.69, 9.17) is 10.5 Å². The second-order valence-electron chi connectivity index (χ2n) is 3.84. The number of benzene rings is 1. The Hall–Kier alpha value is -2.05. The largest absolute Gasteiger partial charge is 0.437 e. The molecule has 0 atom stereocenters. The normalized spacial score (nSPS) is 10.8. The molecule has 2 heterocycles. The van der Waals surface area contributed by atoms with Gasteiger partial charge in [0, 0.05) is 12.1 Å². The van der Waals surface area contributed by atoms with Crippen molar-refractivity contribution >= 4 is 21.6 Å². The fourth-order valence-electron chi connectivity index (χ4n) is 1.78. The molecule has 96 valence electrons. The Labute approximate surface area is 112 Å². The first-order chi connectivity index (χ1) is 9.29. The zero-order chi connectivity index (χ0) is 13.2. The monoisotopic (exact) mass is 275 g/mol. The fraction of sp³-hybridized carbons (Fsp3) is 0.0769. The third-order valence-corrected chi connectivity index (χ3v) is 3.59. The van der Waals surface area contributed by atoms with Crippen molar-refractivity contribution in [2.75, 3.05) is 0 Å². The molecule has 2 aromatic heterocycles. The van der Waals surface area contributed by atoms with Crippen LogP contribution in [0.25, 0.3) is 10.2 Å². The molecule has 1 aromatic carbocycles. The maximum absolute atomic E-state index is 13.6. The minimum absolute atomic E-state index is 0.0701. The van der Waals surface area contributed by atoms with Crippen molar-refractivity contribution in [3.05, 3.63) is 47.4 Å². The predicted molar refractivity (Wildman–Crippen MR) is 71.8 cm³/mol. The highest BCUT2D eigenvalue weighted by Gasteiger charge is 2.12. The van der Waals surface area contributed by atoms with Gasteiger partial charge in [0.1, 0.15) is 22.6 Å². The van der Waals surface area contributed by atoms with Gasteiger partial charge in [-0.3, -0.25) is 0 Å². The number of rotatable bonds is 3. The Kier molecular flexibility index (Phi) is 3.10. The van der Waals surface area contributed by atoms with Gasteiger partial charge in [-0.05, 0) is 23.6 Å². The zero-order valence-electron chi connectivity index (χ0n) is 9.84. The quantitative estimate of drug-likeness (QED) is 0.798. The van der Waals surface area contributed by atoms with Crippen LogP contribution in [-0.2, 0) is 6.54 Å². The van der Waals surface area contributed by atoms with Crippen molar-refractivity contribution < 1.29 is 9.13 Å². The molecule has 0 bridgehead atoms. The van der Waals surface area contributed by atoms with Crippen LogP contribution < -0.4 is 10.5 Å². The minimum atomic E-state index is -0.378. The summed E-state index contributed by atoms with van der Waals surface area (Å²) >= 11 is 1.48. The van der Waals surface area contributed by atoms with Gasteiger partial charge in [0.2, 0.25) is 5.88 Å². The molecular formula is C13H10FN3OS. The highest BCUT2D eigenvalue weighted by Crippen LogP contribution is 2.32. The van der Waals surface area contributed by atoms with Crippen LogP contribution in [0.3, 0.4) is 0 Å². The molecule has 0 unspecified atom stereocenters. The number of hydrogen-bond donors (Lipinski definition) is 1. The van der Waals surface area contributed by atoms with E-state index in [1.54, 1.807) is 12.1 Å². The summed E-state index contributed by atoms with van der Waals surface area (Å²) in [5.74, 6) is 0.424. The molecule has 0 saturated heterocycles. The van der Waals surface area contributed by atoms with Crippen molar-refractivity contribution in [2.45, 2.75) is 6.54 Å². The standard InChI is InChI=1S/C13H10FN3OS/c14-9-2-1-3-11(8(9)6-15)18-13-12-10(4-5-19-12)16-7-17-13/h1-5,7H,6,15H2. The molecule has 0 aliphatic rings. The number of fused-ring (bicyclic) bond motifs is 1. The Morgan fingerprint density at radius 2 is 2.16 bits per heavy atom. The molecule has 3 aromatic rings. The van der Waals surface area contributed by atoms with Gasteiger partial charge in [-0.25, -0.2) is 14.4 Å². The van der Waals surface area contributed by atoms with Crippen LogP contribution in [-0.4, -0.2) is 9.97 Å². The van der Waals surface area contributed by atoms with Gasteiger partial charge in [-0.1, -0.05) is 6.07 Å². The molecule has 0 radical (unpaired) electrons. The van der Waals surface area contributed by atoms with Gasteiger partial charge in [0.05, 0.1) is 5.52 Å². The molecule has 0 fully saturated rings. The van der Waals surface area contributed by atoms with Crippen LogP contribution in [0, 0.1) is 5.82 Å². The molecule has 2 N–H and O–H groups in total. The molecule has 19 heavy (non-hydrogen) atoms. The van der Waals surface area contributed by atoms with Crippen LogP contribution in [0.5, 0.6) is 11.6 Å². The van der Waals surface area contributed by atoms with E-state index in [-0.39, 0.29) is 12.4 Å². The van der Waals surface area contributed by atoms with E-state index in [2.05, 4.69) is 9.97 Å². The van der Waals surface area contributed by atoms with Crippen LogP contribution >= 0.6 is 11.3 Å². The van der Waals surface area contributed by atoms with Gasteiger partial charge in [0.15, 0.2) is 0 Å². The van der Waals surface area contributed by atoms with Crippen molar-refractivity contribution in [1.82, 2.24) is 9.97 Å². The summed E-state index contributed by atoms with van der Waals surface area (Å²) in [6.45, 7) is 0.0701. The molecule has 0 spiro atoms. The van der Waals surface area contributed by atoms with Crippen molar-refractivity contribution in [3.8, 4) is 11.6 Å². The molecule has 6 heteroatoms. The maximum Gasteiger partial charge on any atom is 0.240 e. The third kappa shape index (κ3) is 2.16. The van der Waals surface area contributed by atoms with Crippen molar-refractivity contribution in [2.24, 2.45) is 5.73 Å². The van der Waals surface area contributed by atoms with Gasteiger partial charge >= 0.3 is 0 Å². The Balaban J connectivity index is 2.06. The van der Waals surface area contributed by atoms with Gasteiger partial charge in [-0.15, -0.1) is 11.3 Å². The molecule has 4 nitrogen and oxygen atoms in total. The van der Waals surface area contributed by atoms with Crippen molar-refractivity contribution in [1.29, 1.82) is 0 Å². The summed E-state index contributed by atoms with van der Waals surface area (Å²) < 4.78 is 20.1. The summed E-state index contributed by atoms with van der Waals surface area (Å²) in [6, 6.07) is 6.49. The van der Waals surface area contributed by atoms with Crippen LogP contribution in [0.2, 0.25) is 0 Å². The number of aromatic nitrogens is 2. The average Bonchev–Trinajstić information content (AvgIpc) is 2.88. The van der Waals surface area contributed by atoms with E-state index in [0.717, 1.165) is 10.2 Å². The van der Waals surface area contributed by atoms with Gasteiger partial charge < -0.3 is 10.5 Å². The van der Waals surface area contributed by atoms with E-state index in [1.165, 1.54) is 23.7 Å². The Morgan fingerprint density at radius 1 is 1.26 bits per heavy atom. The van der Waals surface area contributed by atoms with Gasteiger partial charge in [-0.2, -0.15) is 0 Å². The zero-order valence-corrected chi connectivity index (χ0v) is 10.7. The summed E-state index contributed by atoms with van der Waals surface area (Å²) in [6.07, 6.45) is 1.42. The molecule has 0 aliphatic heterocycles. The molecule has 0 saturated carbocycles. The number of nitrogens with two attached hydrogens (primary N) is 1. The number of nitrogens with zero attached hydrogens (tertiary/aromatic N) is 2. The second kappa shape index (κ2) is 4.91. The van der Waals surface area contributed by atoms with Crippen LogP contribution in [0.4, 0.5) is 4.39 Å². The number of ether oxygens (including phenoxy) is 1. The van der Waals surface area contributed by atoms with Crippen molar-refractivity contribution in [3.63, 3.8) is 0 Å². The first-order valence-electron chi connectivity index (χ1n) is 5.63. The minimum Gasteiger partial charge on any atom is -0.437 e. The third-order valence-electron chi connectivity index (χ3n) is 2.70. The molecule has 0 aliphatic carbocycles. The Bertz CT molecular complexity index is 729. The van der Waals surface area contributed by atoms with Crippen LogP contribution in [0.1, 0.15) is 5.56 Å². The molecule has 0 amide bonds. The number of thiophene rings is 1. The lowest BCUT2D eigenvalue weighted by Crippen LogP contribution is -2.03. The highest BCUT2D eigenvalue weighted by molar-refractivity contribution is 7.17. The van der Waals surface area contributed by atoms with E-state index in [0.29, 0.717) is 17.2 Å². The van der Waals surface area contributed by atoms with Crippen LogP contribution in [0.15, 0.2) is 36.0 Å². The Morgan fingerprint density at radius 3 is 3.00 bits per heavy atom. The summed E-state index contributed by atoms with van der Waals surface area (Å²) in [5.41, 5.74) is 6.69. The van der Waals surface area contributed by atoms with E-state index in [9.17, 15) is 4.39 Å². The lowest BCUT2D eigenvalue weighted by Gasteiger charge is -2.10. The lowest BCUT2D eigenvalue weighted by atomic mass is 10.2. The maximum atomic E-state index is 13.6. The van der Waals surface area contributed by atoms with E-state index in [1.807, 2.05) is 11.4 Å². The molecular weight excluding hydrogens is 265 g/mol. The first-order valence-corrected chi connectivity index (χ1v) is 6.51. The van der Waals surface area contributed by atoms with E-state index < -0.39 is 0 Å². The highest BCUT2D eigenvalue weighted by atomic mass is 32.1. The first kappa shape index (κ1) is 12.0. The number of hydrogen-bond acceptors (Lipinski definition) is 5. The SMILES string of the molecule is NCc1c(F)cccc1Oc1ncnc2ccsc12. The summed E-state index contributed by atoms with van der Waals surface area (Å²) in [4.78, 5) is 8.22. The number of halogens is 1. The molecule has 3 rings (SSSR count). The van der Waals surface area contributed by atoms with Gasteiger partial charge in [0.25, 0.3) is 0 Å².